The number of benzene rings is 1. The molecule has 0 radical (unpaired) electrons. The highest BCUT2D eigenvalue weighted by Gasteiger charge is 2.28. The summed E-state index contributed by atoms with van der Waals surface area (Å²) in [7, 11) is 0. The van der Waals surface area contributed by atoms with E-state index in [1.165, 1.54) is 0 Å². The molecule has 2 aromatic rings. The minimum absolute atomic E-state index is 0.229. The molecule has 0 amide bonds. The average molecular weight is 313 g/mol. The first-order valence-electron chi connectivity index (χ1n) is 7.56. The van der Waals surface area contributed by atoms with Crippen molar-refractivity contribution in [2.45, 2.75) is 20.3 Å². The van der Waals surface area contributed by atoms with Crippen LogP contribution in [0.1, 0.15) is 20.3 Å². The lowest BCUT2D eigenvalue weighted by molar-refractivity contribution is -0.157. The predicted octanol–water partition coefficient (Wildman–Crippen LogP) is 3.24. The monoisotopic (exact) mass is 313 g/mol. The molecule has 1 unspecified atom stereocenters. The zero-order chi connectivity index (χ0) is 16.7. The summed E-state index contributed by atoms with van der Waals surface area (Å²) in [5.74, 6) is -1.73. The van der Waals surface area contributed by atoms with Crippen LogP contribution in [0.15, 0.2) is 48.7 Å². The van der Waals surface area contributed by atoms with Gasteiger partial charge >= 0.3 is 11.9 Å². The highest BCUT2D eigenvalue weighted by Crippen LogP contribution is 2.29. The van der Waals surface area contributed by atoms with Gasteiger partial charge in [0.15, 0.2) is 5.92 Å². The number of carbonyl (C=O) groups excluding carboxylic acids is 2. The Morgan fingerprint density at radius 2 is 1.78 bits per heavy atom. The number of aromatic nitrogens is 1. The van der Waals surface area contributed by atoms with E-state index >= 15 is 0 Å². The quantitative estimate of drug-likeness (QED) is 0.465. The topological polar surface area (TPSA) is 65.5 Å². The van der Waals surface area contributed by atoms with Gasteiger partial charge in [-0.25, -0.2) is 0 Å². The van der Waals surface area contributed by atoms with Crippen LogP contribution >= 0.6 is 0 Å². The van der Waals surface area contributed by atoms with Crippen LogP contribution in [0, 0.1) is 5.92 Å². The lowest BCUT2D eigenvalue weighted by Crippen LogP contribution is -2.29. The third-order valence-electron chi connectivity index (χ3n) is 3.30. The van der Waals surface area contributed by atoms with E-state index in [0.717, 1.165) is 0 Å². The van der Waals surface area contributed by atoms with E-state index in [4.69, 9.17) is 9.47 Å². The molecule has 120 valence electrons. The molecule has 5 nitrogen and oxygen atoms in total. The summed E-state index contributed by atoms with van der Waals surface area (Å²) in [5.41, 5.74) is 1.39. The smallest absolute Gasteiger partial charge is 0.325 e. The van der Waals surface area contributed by atoms with Gasteiger partial charge in [-0.3, -0.25) is 14.6 Å². The number of esters is 2. The fourth-order valence-corrected chi connectivity index (χ4v) is 2.14. The van der Waals surface area contributed by atoms with Crippen LogP contribution < -0.4 is 4.74 Å². The fourth-order valence-electron chi connectivity index (χ4n) is 2.14. The standard InChI is InChI=1S/C18H19NO4/c1-3-13(17(20)22-4-2)18(21)23-16-11-6-5-9-14(16)15-10-7-8-12-19-15/h5-13H,3-4H2,1-2H3. The largest absolute Gasteiger partial charge is 0.465 e. The first-order valence-corrected chi connectivity index (χ1v) is 7.56. The van der Waals surface area contributed by atoms with Gasteiger partial charge in [0, 0.05) is 11.8 Å². The van der Waals surface area contributed by atoms with E-state index < -0.39 is 17.9 Å². The van der Waals surface area contributed by atoms with Gasteiger partial charge in [0.2, 0.25) is 0 Å². The second kappa shape index (κ2) is 8.08. The molecule has 0 bridgehead atoms. The van der Waals surface area contributed by atoms with Gasteiger partial charge in [0.05, 0.1) is 12.3 Å². The minimum Gasteiger partial charge on any atom is -0.465 e. The van der Waals surface area contributed by atoms with Gasteiger partial charge in [0.25, 0.3) is 0 Å². The van der Waals surface area contributed by atoms with E-state index in [2.05, 4.69) is 4.98 Å². The predicted molar refractivity (Wildman–Crippen MR) is 85.7 cm³/mol. The average Bonchev–Trinajstić information content (AvgIpc) is 2.57. The Bertz CT molecular complexity index is 670. The second-order valence-electron chi connectivity index (χ2n) is 4.85. The Balaban J connectivity index is 2.23. The Labute approximate surface area is 135 Å². The van der Waals surface area contributed by atoms with Crippen molar-refractivity contribution in [3.05, 3.63) is 48.7 Å². The van der Waals surface area contributed by atoms with Crippen LogP contribution in [0.5, 0.6) is 5.75 Å². The van der Waals surface area contributed by atoms with Crippen molar-refractivity contribution in [1.82, 2.24) is 4.98 Å². The molecule has 1 atom stereocenters. The highest BCUT2D eigenvalue weighted by atomic mass is 16.6. The molecule has 0 aliphatic rings. The number of nitrogens with zero attached hydrogens (tertiary/aromatic N) is 1. The minimum atomic E-state index is -0.924. The number of hydrogen-bond acceptors (Lipinski definition) is 5. The highest BCUT2D eigenvalue weighted by molar-refractivity contribution is 5.96. The molecule has 0 saturated heterocycles. The van der Waals surface area contributed by atoms with Crippen LogP contribution in [0.2, 0.25) is 0 Å². The van der Waals surface area contributed by atoms with E-state index in [-0.39, 0.29) is 6.61 Å². The van der Waals surface area contributed by atoms with Crippen molar-refractivity contribution in [3.63, 3.8) is 0 Å². The van der Waals surface area contributed by atoms with Gasteiger partial charge in [-0.1, -0.05) is 25.1 Å². The van der Waals surface area contributed by atoms with Gasteiger partial charge < -0.3 is 9.47 Å². The summed E-state index contributed by atoms with van der Waals surface area (Å²) in [6.45, 7) is 3.67. The van der Waals surface area contributed by atoms with Crippen molar-refractivity contribution in [2.75, 3.05) is 6.61 Å². The van der Waals surface area contributed by atoms with Crippen LogP contribution in [-0.2, 0) is 14.3 Å². The van der Waals surface area contributed by atoms with Crippen molar-refractivity contribution < 1.29 is 19.1 Å². The van der Waals surface area contributed by atoms with Crippen LogP contribution in [0.3, 0.4) is 0 Å². The third kappa shape index (κ3) is 4.16. The molecule has 23 heavy (non-hydrogen) atoms. The van der Waals surface area contributed by atoms with E-state index in [9.17, 15) is 9.59 Å². The van der Waals surface area contributed by atoms with Gasteiger partial charge in [-0.15, -0.1) is 0 Å². The second-order valence-corrected chi connectivity index (χ2v) is 4.85. The lowest BCUT2D eigenvalue weighted by atomic mass is 10.1. The van der Waals surface area contributed by atoms with Crippen molar-refractivity contribution >= 4 is 11.9 Å². The molecule has 1 heterocycles. The summed E-state index contributed by atoms with van der Waals surface area (Å²) < 4.78 is 10.4. The zero-order valence-electron chi connectivity index (χ0n) is 13.2. The van der Waals surface area contributed by atoms with E-state index in [1.807, 2.05) is 30.3 Å². The zero-order valence-corrected chi connectivity index (χ0v) is 13.2. The number of hydrogen-bond donors (Lipinski definition) is 0. The molecular weight excluding hydrogens is 294 g/mol. The van der Waals surface area contributed by atoms with Crippen molar-refractivity contribution in [2.24, 2.45) is 5.92 Å². The maximum atomic E-state index is 12.3. The van der Waals surface area contributed by atoms with Gasteiger partial charge in [-0.05, 0) is 37.6 Å². The number of ether oxygens (including phenoxy) is 2. The summed E-state index contributed by atoms with van der Waals surface area (Å²) >= 11 is 0. The number of carbonyl (C=O) groups is 2. The van der Waals surface area contributed by atoms with Crippen molar-refractivity contribution in [3.8, 4) is 17.0 Å². The molecule has 0 aliphatic heterocycles. The number of pyridine rings is 1. The lowest BCUT2D eigenvalue weighted by Gasteiger charge is -2.14. The van der Waals surface area contributed by atoms with Gasteiger partial charge in [-0.2, -0.15) is 0 Å². The molecule has 0 aliphatic carbocycles. The van der Waals surface area contributed by atoms with Gasteiger partial charge in [0.1, 0.15) is 5.75 Å². The number of rotatable bonds is 6. The summed E-state index contributed by atoms with van der Waals surface area (Å²) in [6, 6.07) is 12.6. The molecule has 5 heteroatoms. The third-order valence-corrected chi connectivity index (χ3v) is 3.30. The Morgan fingerprint density at radius 3 is 2.43 bits per heavy atom. The molecule has 0 spiro atoms. The maximum Gasteiger partial charge on any atom is 0.325 e. The number of para-hydroxylation sites is 1. The summed E-state index contributed by atoms with van der Waals surface area (Å²) in [6.07, 6.45) is 1.99. The molecule has 0 fully saturated rings. The van der Waals surface area contributed by atoms with Crippen LogP contribution in [0.4, 0.5) is 0 Å². The Kier molecular flexibility index (Phi) is 5.86. The molecule has 0 saturated carbocycles. The molecule has 2 rings (SSSR count). The molecular formula is C18H19NO4. The SMILES string of the molecule is CCOC(=O)C(CC)C(=O)Oc1ccccc1-c1ccccn1. The van der Waals surface area contributed by atoms with E-state index in [0.29, 0.717) is 23.4 Å². The van der Waals surface area contributed by atoms with Crippen molar-refractivity contribution in [1.29, 1.82) is 0 Å². The molecule has 1 aromatic carbocycles. The summed E-state index contributed by atoms with van der Waals surface area (Å²) in [5, 5.41) is 0. The first-order chi connectivity index (χ1) is 11.2. The Hall–Kier alpha value is -2.69. The molecule has 0 N–H and O–H groups in total. The van der Waals surface area contributed by atoms with Crippen LogP contribution in [0.25, 0.3) is 11.3 Å². The summed E-state index contributed by atoms with van der Waals surface area (Å²) in [4.78, 5) is 28.4. The first kappa shape index (κ1) is 16.7. The van der Waals surface area contributed by atoms with Crippen LogP contribution in [-0.4, -0.2) is 23.5 Å². The molecule has 1 aromatic heterocycles. The Morgan fingerprint density at radius 1 is 1.04 bits per heavy atom. The van der Waals surface area contributed by atoms with E-state index in [1.54, 1.807) is 32.2 Å². The normalized spacial score (nSPS) is 11.6. The fraction of sp³-hybridized carbons (Fsp3) is 0.278. The maximum absolute atomic E-state index is 12.3.